The first-order chi connectivity index (χ1) is 8.58. The molecule has 0 unspecified atom stereocenters. The summed E-state index contributed by atoms with van der Waals surface area (Å²) in [6.07, 6.45) is 3.41. The first kappa shape index (κ1) is 13.0. The van der Waals surface area contributed by atoms with Gasteiger partial charge in [0.15, 0.2) is 5.78 Å². The minimum atomic E-state index is -0.340. The van der Waals surface area contributed by atoms with Crippen molar-refractivity contribution in [2.75, 3.05) is 0 Å². The summed E-state index contributed by atoms with van der Waals surface area (Å²) in [5.74, 6) is 0.0646. The van der Waals surface area contributed by atoms with Crippen molar-refractivity contribution in [3.8, 4) is 0 Å². The monoisotopic (exact) mass is 303 g/mol. The van der Waals surface area contributed by atoms with Gasteiger partial charge in [0.05, 0.1) is 0 Å². The Hall–Kier alpha value is -1.48. The van der Waals surface area contributed by atoms with Crippen LogP contribution in [0.25, 0.3) is 0 Å². The highest BCUT2D eigenvalue weighted by atomic mass is 79.9. The zero-order chi connectivity index (χ0) is 13.1. The highest BCUT2D eigenvalue weighted by Crippen LogP contribution is 2.27. The molecular formula is C15H14BrNO. The molecule has 0 aliphatic rings. The molecule has 2 nitrogen and oxygen atoms in total. The first-order valence-corrected chi connectivity index (χ1v) is 6.66. The van der Waals surface area contributed by atoms with E-state index in [4.69, 9.17) is 0 Å². The summed E-state index contributed by atoms with van der Waals surface area (Å²) in [6, 6.07) is 9.62. The standard InChI is InChI=1S/C15H14BrNO/c1-10-6-11(2)8-13(7-10)15(18)14(16)12-4-3-5-17-9-12/h3-9,14H,1-2H3/t14-/m1/s1. The molecular weight excluding hydrogens is 290 g/mol. The quantitative estimate of drug-likeness (QED) is 0.633. The molecule has 18 heavy (non-hydrogen) atoms. The fourth-order valence-corrected chi connectivity index (χ4v) is 2.48. The number of aryl methyl sites for hydroxylation is 2. The van der Waals surface area contributed by atoms with E-state index in [-0.39, 0.29) is 10.6 Å². The predicted octanol–water partition coefficient (Wildman–Crippen LogP) is 4.02. The van der Waals surface area contributed by atoms with E-state index in [0.717, 1.165) is 22.3 Å². The Balaban J connectivity index is 2.31. The number of aromatic nitrogens is 1. The molecule has 0 radical (unpaired) electrons. The van der Waals surface area contributed by atoms with Crippen LogP contribution in [-0.4, -0.2) is 10.8 Å². The molecule has 0 saturated carbocycles. The van der Waals surface area contributed by atoms with Gasteiger partial charge in [0.1, 0.15) is 4.83 Å². The summed E-state index contributed by atoms with van der Waals surface area (Å²) in [4.78, 5) is 16.1. The minimum Gasteiger partial charge on any atom is -0.293 e. The second-order valence-corrected chi connectivity index (χ2v) is 5.31. The van der Waals surface area contributed by atoms with Gasteiger partial charge in [0, 0.05) is 18.0 Å². The minimum absolute atomic E-state index is 0.0646. The molecule has 0 amide bonds. The third-order valence-electron chi connectivity index (χ3n) is 2.71. The van der Waals surface area contributed by atoms with Gasteiger partial charge in [-0.3, -0.25) is 9.78 Å². The number of rotatable bonds is 3. The Kier molecular flexibility index (Phi) is 3.92. The fraction of sp³-hybridized carbons (Fsp3) is 0.200. The number of carbonyl (C=O) groups is 1. The lowest BCUT2D eigenvalue weighted by Crippen LogP contribution is -2.08. The van der Waals surface area contributed by atoms with Crippen LogP contribution in [0.1, 0.15) is 31.9 Å². The average molecular weight is 304 g/mol. The lowest BCUT2D eigenvalue weighted by atomic mass is 10.0. The average Bonchev–Trinajstić information content (AvgIpc) is 2.37. The zero-order valence-electron chi connectivity index (χ0n) is 10.4. The molecule has 1 aromatic heterocycles. The summed E-state index contributed by atoms with van der Waals surface area (Å²) in [5.41, 5.74) is 3.81. The maximum Gasteiger partial charge on any atom is 0.180 e. The largest absolute Gasteiger partial charge is 0.293 e. The van der Waals surface area contributed by atoms with Gasteiger partial charge in [-0.25, -0.2) is 0 Å². The van der Waals surface area contributed by atoms with Crippen LogP contribution in [0.15, 0.2) is 42.7 Å². The molecule has 2 aromatic rings. The summed E-state index contributed by atoms with van der Waals surface area (Å²) in [7, 11) is 0. The Labute approximate surface area is 115 Å². The summed E-state index contributed by atoms with van der Waals surface area (Å²) in [5, 5.41) is 0. The lowest BCUT2D eigenvalue weighted by molar-refractivity contribution is 0.0991. The molecule has 0 bridgehead atoms. The number of Topliss-reactive ketones (excluding diaryl/α,β-unsaturated/α-hetero) is 1. The molecule has 1 heterocycles. The van der Waals surface area contributed by atoms with E-state index in [9.17, 15) is 4.79 Å². The summed E-state index contributed by atoms with van der Waals surface area (Å²) < 4.78 is 0. The fourth-order valence-electron chi connectivity index (χ4n) is 1.94. The molecule has 1 aromatic carbocycles. The number of nitrogens with zero attached hydrogens (tertiary/aromatic N) is 1. The van der Waals surface area contributed by atoms with Crippen molar-refractivity contribution < 1.29 is 4.79 Å². The number of alkyl halides is 1. The van der Waals surface area contributed by atoms with Crippen LogP contribution in [0.5, 0.6) is 0 Å². The van der Waals surface area contributed by atoms with Gasteiger partial charge in [0.2, 0.25) is 0 Å². The number of pyridine rings is 1. The number of hydrogen-bond donors (Lipinski definition) is 0. The molecule has 1 atom stereocenters. The number of halogens is 1. The SMILES string of the molecule is Cc1cc(C)cc(C(=O)[C@H](Br)c2cccnc2)c1. The van der Waals surface area contributed by atoms with Crippen LogP contribution in [0.2, 0.25) is 0 Å². The van der Waals surface area contributed by atoms with Crippen molar-refractivity contribution in [3.63, 3.8) is 0 Å². The molecule has 0 fully saturated rings. The molecule has 0 spiro atoms. The van der Waals surface area contributed by atoms with Crippen molar-refractivity contribution in [1.29, 1.82) is 0 Å². The van der Waals surface area contributed by atoms with Crippen LogP contribution in [0.3, 0.4) is 0 Å². The van der Waals surface area contributed by atoms with Crippen LogP contribution < -0.4 is 0 Å². The topological polar surface area (TPSA) is 30.0 Å². The predicted molar refractivity (Wildman–Crippen MR) is 76.2 cm³/mol. The Morgan fingerprint density at radius 2 is 1.89 bits per heavy atom. The van der Waals surface area contributed by atoms with E-state index in [1.807, 2.05) is 38.1 Å². The van der Waals surface area contributed by atoms with Crippen LogP contribution in [0.4, 0.5) is 0 Å². The van der Waals surface area contributed by atoms with E-state index in [0.29, 0.717) is 0 Å². The molecule has 2 rings (SSSR count). The number of benzene rings is 1. The van der Waals surface area contributed by atoms with Crippen molar-refractivity contribution in [2.45, 2.75) is 18.7 Å². The second-order valence-electron chi connectivity index (χ2n) is 4.39. The second kappa shape index (κ2) is 5.44. The highest BCUT2D eigenvalue weighted by molar-refractivity contribution is 9.09. The summed E-state index contributed by atoms with van der Waals surface area (Å²) in [6.45, 7) is 3.99. The third-order valence-corrected chi connectivity index (χ3v) is 3.66. The third kappa shape index (κ3) is 2.85. The van der Waals surface area contributed by atoms with Crippen molar-refractivity contribution >= 4 is 21.7 Å². The van der Waals surface area contributed by atoms with E-state index in [1.165, 1.54) is 0 Å². The Bertz CT molecular complexity index is 546. The molecule has 0 N–H and O–H groups in total. The number of ketones is 1. The van der Waals surface area contributed by atoms with Gasteiger partial charge in [-0.2, -0.15) is 0 Å². The van der Waals surface area contributed by atoms with Gasteiger partial charge in [-0.15, -0.1) is 0 Å². The van der Waals surface area contributed by atoms with Gasteiger partial charge < -0.3 is 0 Å². The molecule has 0 aliphatic heterocycles. The van der Waals surface area contributed by atoms with Gasteiger partial charge in [-0.05, 0) is 37.6 Å². The highest BCUT2D eigenvalue weighted by Gasteiger charge is 2.19. The van der Waals surface area contributed by atoms with Crippen molar-refractivity contribution in [2.24, 2.45) is 0 Å². The van der Waals surface area contributed by atoms with Gasteiger partial charge in [-0.1, -0.05) is 39.2 Å². The van der Waals surface area contributed by atoms with E-state index in [2.05, 4.69) is 27.0 Å². The van der Waals surface area contributed by atoms with Gasteiger partial charge >= 0.3 is 0 Å². The Morgan fingerprint density at radius 3 is 2.44 bits per heavy atom. The zero-order valence-corrected chi connectivity index (χ0v) is 11.9. The van der Waals surface area contributed by atoms with E-state index < -0.39 is 0 Å². The van der Waals surface area contributed by atoms with Crippen LogP contribution in [-0.2, 0) is 0 Å². The van der Waals surface area contributed by atoms with Crippen LogP contribution >= 0.6 is 15.9 Å². The van der Waals surface area contributed by atoms with Crippen LogP contribution in [0, 0.1) is 13.8 Å². The molecule has 0 saturated heterocycles. The normalized spacial score (nSPS) is 12.2. The lowest BCUT2D eigenvalue weighted by Gasteiger charge is -2.10. The maximum absolute atomic E-state index is 12.4. The molecule has 0 aliphatic carbocycles. The molecule has 3 heteroatoms. The van der Waals surface area contributed by atoms with E-state index >= 15 is 0 Å². The Morgan fingerprint density at radius 1 is 1.22 bits per heavy atom. The first-order valence-electron chi connectivity index (χ1n) is 5.74. The molecule has 92 valence electrons. The smallest absolute Gasteiger partial charge is 0.180 e. The summed E-state index contributed by atoms with van der Waals surface area (Å²) >= 11 is 3.45. The number of hydrogen-bond acceptors (Lipinski definition) is 2. The maximum atomic E-state index is 12.4. The van der Waals surface area contributed by atoms with E-state index in [1.54, 1.807) is 12.4 Å². The van der Waals surface area contributed by atoms with Crippen molar-refractivity contribution in [1.82, 2.24) is 4.98 Å². The van der Waals surface area contributed by atoms with Crippen molar-refractivity contribution in [3.05, 3.63) is 65.0 Å². The van der Waals surface area contributed by atoms with Gasteiger partial charge in [0.25, 0.3) is 0 Å². The number of carbonyl (C=O) groups excluding carboxylic acids is 1.